The van der Waals surface area contributed by atoms with E-state index in [4.69, 9.17) is 4.74 Å². The zero-order valence-electron chi connectivity index (χ0n) is 14.2. The lowest BCUT2D eigenvalue weighted by Gasteiger charge is -2.10. The Labute approximate surface area is 159 Å². The number of aromatic nitrogens is 3. The van der Waals surface area contributed by atoms with Crippen LogP contribution in [-0.4, -0.2) is 33.8 Å². The third-order valence-electron chi connectivity index (χ3n) is 3.70. The van der Waals surface area contributed by atoms with Crippen molar-refractivity contribution >= 4 is 36.4 Å². The topological polar surface area (TPSA) is 81.1 Å². The van der Waals surface area contributed by atoms with E-state index in [0.29, 0.717) is 23.0 Å². The van der Waals surface area contributed by atoms with E-state index in [-0.39, 0.29) is 37.3 Å². The summed E-state index contributed by atoms with van der Waals surface area (Å²) in [6.07, 6.45) is 5.82. The van der Waals surface area contributed by atoms with Crippen molar-refractivity contribution in [2.45, 2.75) is 19.8 Å². The molecule has 2 heterocycles. The van der Waals surface area contributed by atoms with Gasteiger partial charge in [-0.2, -0.15) is 5.10 Å². The number of pyridine rings is 1. The van der Waals surface area contributed by atoms with Gasteiger partial charge in [-0.25, -0.2) is 4.68 Å². The van der Waals surface area contributed by atoms with Crippen molar-refractivity contribution in [3.05, 3.63) is 30.2 Å². The van der Waals surface area contributed by atoms with E-state index in [0.717, 1.165) is 12.5 Å². The molecule has 1 saturated carbocycles. The third kappa shape index (κ3) is 5.88. The summed E-state index contributed by atoms with van der Waals surface area (Å²) in [5, 5.41) is 10.4. The first-order valence-electron chi connectivity index (χ1n) is 7.75. The van der Waals surface area contributed by atoms with E-state index >= 15 is 0 Å². The van der Waals surface area contributed by atoms with Crippen molar-refractivity contribution in [3.63, 3.8) is 0 Å². The number of amides is 1. The molecule has 0 spiro atoms. The van der Waals surface area contributed by atoms with Crippen LogP contribution in [0.5, 0.6) is 11.6 Å². The van der Waals surface area contributed by atoms with E-state index in [1.54, 1.807) is 36.3 Å². The Morgan fingerprint density at radius 1 is 1.40 bits per heavy atom. The number of hydrogen-bond donors (Lipinski definition) is 2. The minimum Gasteiger partial charge on any atom is -0.436 e. The lowest BCUT2D eigenvalue weighted by Crippen LogP contribution is -2.29. The maximum Gasteiger partial charge on any atom is 0.241 e. The molecule has 0 aromatic carbocycles. The molecule has 0 unspecified atom stereocenters. The van der Waals surface area contributed by atoms with Gasteiger partial charge in [0, 0.05) is 13.2 Å². The second kappa shape index (κ2) is 9.60. The molecule has 0 atom stereocenters. The molecule has 1 fully saturated rings. The van der Waals surface area contributed by atoms with Gasteiger partial charge in [0.15, 0.2) is 0 Å². The highest BCUT2D eigenvalue weighted by atomic mass is 35.5. The van der Waals surface area contributed by atoms with Crippen molar-refractivity contribution in [2.24, 2.45) is 13.0 Å². The van der Waals surface area contributed by atoms with E-state index in [1.165, 1.54) is 12.8 Å². The predicted octanol–water partition coefficient (Wildman–Crippen LogP) is 2.70. The SMILES string of the molecule is Cc1nn(C)c(Oc2cccnc2)c1NC(=O)CNCC1CC1.Cl.Cl. The minimum absolute atomic E-state index is 0. The molecule has 0 bridgehead atoms. The first kappa shape index (κ1) is 21.2. The summed E-state index contributed by atoms with van der Waals surface area (Å²) in [6, 6.07) is 3.59. The molecule has 3 rings (SSSR count). The molecule has 1 aliphatic carbocycles. The summed E-state index contributed by atoms with van der Waals surface area (Å²) in [6.45, 7) is 3.03. The fraction of sp³-hybridized carbons (Fsp3) is 0.438. The molecule has 2 aromatic rings. The monoisotopic (exact) mass is 387 g/mol. The van der Waals surface area contributed by atoms with Gasteiger partial charge >= 0.3 is 0 Å². The fourth-order valence-corrected chi connectivity index (χ4v) is 2.31. The van der Waals surface area contributed by atoms with Crippen LogP contribution in [-0.2, 0) is 11.8 Å². The van der Waals surface area contributed by atoms with E-state index < -0.39 is 0 Å². The number of carbonyl (C=O) groups is 1. The van der Waals surface area contributed by atoms with Gasteiger partial charge in [-0.05, 0) is 44.4 Å². The van der Waals surface area contributed by atoms with Gasteiger partial charge in [0.2, 0.25) is 11.8 Å². The molecular formula is C16H23Cl2N5O2. The van der Waals surface area contributed by atoms with E-state index in [2.05, 4.69) is 20.7 Å². The second-order valence-corrected chi connectivity index (χ2v) is 5.80. The van der Waals surface area contributed by atoms with E-state index in [9.17, 15) is 4.79 Å². The highest BCUT2D eigenvalue weighted by molar-refractivity contribution is 5.94. The summed E-state index contributed by atoms with van der Waals surface area (Å²) >= 11 is 0. The lowest BCUT2D eigenvalue weighted by atomic mass is 10.3. The van der Waals surface area contributed by atoms with Crippen molar-refractivity contribution in [2.75, 3.05) is 18.4 Å². The number of carbonyl (C=O) groups excluding carboxylic acids is 1. The van der Waals surface area contributed by atoms with Gasteiger partial charge < -0.3 is 15.4 Å². The maximum absolute atomic E-state index is 12.1. The smallest absolute Gasteiger partial charge is 0.241 e. The largest absolute Gasteiger partial charge is 0.436 e. The predicted molar refractivity (Wildman–Crippen MR) is 101 cm³/mol. The number of halogens is 2. The molecule has 25 heavy (non-hydrogen) atoms. The third-order valence-corrected chi connectivity index (χ3v) is 3.70. The Bertz CT molecular complexity index is 689. The highest BCUT2D eigenvalue weighted by Crippen LogP contribution is 2.31. The summed E-state index contributed by atoms with van der Waals surface area (Å²) in [5.74, 6) is 1.73. The van der Waals surface area contributed by atoms with Crippen molar-refractivity contribution in [3.8, 4) is 11.6 Å². The average molecular weight is 388 g/mol. The van der Waals surface area contributed by atoms with Crippen LogP contribution in [0.15, 0.2) is 24.5 Å². The van der Waals surface area contributed by atoms with Gasteiger partial charge in [0.25, 0.3) is 0 Å². The normalized spacial score (nSPS) is 12.7. The number of hydrogen-bond acceptors (Lipinski definition) is 5. The van der Waals surface area contributed by atoms with Crippen LogP contribution in [0.4, 0.5) is 5.69 Å². The molecule has 0 saturated heterocycles. The summed E-state index contributed by atoms with van der Waals surface area (Å²) in [7, 11) is 1.78. The quantitative estimate of drug-likeness (QED) is 0.762. The first-order valence-corrected chi connectivity index (χ1v) is 7.75. The molecule has 0 aliphatic heterocycles. The van der Waals surface area contributed by atoms with Crippen molar-refractivity contribution in [1.82, 2.24) is 20.1 Å². The fourth-order valence-electron chi connectivity index (χ4n) is 2.31. The zero-order valence-corrected chi connectivity index (χ0v) is 15.8. The van der Waals surface area contributed by atoms with Crippen LogP contribution in [0.2, 0.25) is 0 Å². The first-order chi connectivity index (χ1) is 11.1. The Kier molecular flexibility index (Phi) is 8.15. The molecule has 9 heteroatoms. The number of nitrogens with zero attached hydrogens (tertiary/aromatic N) is 3. The standard InChI is InChI=1S/C16H21N5O2.2ClH/c1-11-15(19-14(22)10-18-8-12-5-6-12)16(21(2)20-11)23-13-4-3-7-17-9-13;;/h3-4,7,9,12,18H,5-6,8,10H2,1-2H3,(H,19,22);2*1H. The molecular weight excluding hydrogens is 365 g/mol. The Morgan fingerprint density at radius 3 is 2.80 bits per heavy atom. The molecule has 0 radical (unpaired) electrons. The zero-order chi connectivity index (χ0) is 16.2. The minimum atomic E-state index is -0.0993. The number of aryl methyl sites for hydroxylation is 2. The number of anilines is 1. The van der Waals surface area contributed by atoms with Crippen LogP contribution >= 0.6 is 24.8 Å². The van der Waals surface area contributed by atoms with Crippen LogP contribution in [0.3, 0.4) is 0 Å². The highest BCUT2D eigenvalue weighted by Gasteiger charge is 2.21. The Morgan fingerprint density at radius 2 is 2.16 bits per heavy atom. The molecule has 1 aliphatic rings. The maximum atomic E-state index is 12.1. The van der Waals surface area contributed by atoms with Crippen molar-refractivity contribution < 1.29 is 9.53 Å². The molecule has 1 amide bonds. The molecule has 7 nitrogen and oxygen atoms in total. The molecule has 2 N–H and O–H groups in total. The van der Waals surface area contributed by atoms with Crippen LogP contribution < -0.4 is 15.4 Å². The van der Waals surface area contributed by atoms with Gasteiger partial charge in [-0.15, -0.1) is 24.8 Å². The Balaban J connectivity index is 0.00000156. The van der Waals surface area contributed by atoms with Crippen LogP contribution in [0, 0.1) is 12.8 Å². The lowest BCUT2D eigenvalue weighted by molar-refractivity contribution is -0.115. The summed E-state index contributed by atoms with van der Waals surface area (Å²) in [4.78, 5) is 16.1. The summed E-state index contributed by atoms with van der Waals surface area (Å²) in [5.41, 5.74) is 1.30. The number of nitrogens with one attached hydrogen (secondary N) is 2. The van der Waals surface area contributed by atoms with Gasteiger partial charge in [-0.1, -0.05) is 0 Å². The van der Waals surface area contributed by atoms with Gasteiger partial charge in [-0.3, -0.25) is 9.78 Å². The average Bonchev–Trinajstić information content (AvgIpc) is 3.31. The van der Waals surface area contributed by atoms with Gasteiger partial charge in [0.05, 0.1) is 18.4 Å². The van der Waals surface area contributed by atoms with Crippen LogP contribution in [0.25, 0.3) is 0 Å². The second-order valence-electron chi connectivity index (χ2n) is 5.80. The van der Waals surface area contributed by atoms with Crippen molar-refractivity contribution in [1.29, 1.82) is 0 Å². The van der Waals surface area contributed by atoms with Gasteiger partial charge in [0.1, 0.15) is 11.4 Å². The number of ether oxygens (including phenoxy) is 1. The Hall–Kier alpha value is -1.83. The molecule has 138 valence electrons. The molecule has 2 aromatic heterocycles. The van der Waals surface area contributed by atoms with Crippen LogP contribution in [0.1, 0.15) is 18.5 Å². The number of rotatable bonds is 7. The van der Waals surface area contributed by atoms with E-state index in [1.807, 2.05) is 6.92 Å². The summed E-state index contributed by atoms with van der Waals surface area (Å²) < 4.78 is 7.42.